The maximum Gasteiger partial charge on any atom is 0.289 e. The molecule has 0 spiro atoms. The van der Waals surface area contributed by atoms with Crippen LogP contribution in [0.15, 0.2) is 20.0 Å². The summed E-state index contributed by atoms with van der Waals surface area (Å²) in [5.74, 6) is 0.283. The van der Waals surface area contributed by atoms with E-state index in [1.165, 1.54) is 0 Å². The summed E-state index contributed by atoms with van der Waals surface area (Å²) >= 11 is 2.95. The number of likely N-dealkylation sites (tertiary alicyclic amines) is 1. The van der Waals surface area contributed by atoms with Crippen molar-refractivity contribution >= 4 is 41.6 Å². The molecule has 0 aliphatic carbocycles. The van der Waals surface area contributed by atoms with Crippen molar-refractivity contribution in [2.75, 3.05) is 13.1 Å². The molecule has 0 saturated carbocycles. The minimum atomic E-state index is -3.92. The quantitative estimate of drug-likeness (QED) is 0.751. The van der Waals surface area contributed by atoms with Gasteiger partial charge in [-0.05, 0) is 34.7 Å². The van der Waals surface area contributed by atoms with E-state index in [4.69, 9.17) is 15.1 Å². The first kappa shape index (κ1) is 14.9. The van der Waals surface area contributed by atoms with Crippen molar-refractivity contribution in [3.8, 4) is 0 Å². The van der Waals surface area contributed by atoms with E-state index in [1.807, 2.05) is 0 Å². The van der Waals surface area contributed by atoms with Crippen molar-refractivity contribution in [2.45, 2.75) is 24.7 Å². The second-order valence-corrected chi connectivity index (χ2v) is 7.92. The Hall–Kier alpha value is -0.530. The molecular weight excluding hydrogens is 358 g/mol. The van der Waals surface area contributed by atoms with E-state index < -0.39 is 9.05 Å². The van der Waals surface area contributed by atoms with Crippen molar-refractivity contribution < 1.29 is 17.6 Å². The summed E-state index contributed by atoms with van der Waals surface area (Å²) in [5, 5.41) is 0. The Kier molecular flexibility index (Phi) is 4.27. The van der Waals surface area contributed by atoms with Gasteiger partial charge in [0.05, 0.1) is 0 Å². The number of furan rings is 1. The van der Waals surface area contributed by atoms with Gasteiger partial charge in [0.2, 0.25) is 0 Å². The van der Waals surface area contributed by atoms with Crippen LogP contribution in [-0.4, -0.2) is 32.3 Å². The Morgan fingerprint density at radius 3 is 2.53 bits per heavy atom. The number of rotatable bonds is 2. The van der Waals surface area contributed by atoms with E-state index >= 15 is 0 Å². The van der Waals surface area contributed by atoms with Crippen molar-refractivity contribution in [1.82, 2.24) is 4.90 Å². The van der Waals surface area contributed by atoms with E-state index in [0.717, 1.165) is 18.9 Å². The van der Waals surface area contributed by atoms with Crippen LogP contribution in [0.5, 0.6) is 0 Å². The minimum Gasteiger partial charge on any atom is -0.443 e. The van der Waals surface area contributed by atoms with Gasteiger partial charge in [-0.25, -0.2) is 8.42 Å². The predicted molar refractivity (Wildman–Crippen MR) is 73.7 cm³/mol. The molecule has 5 nitrogen and oxygen atoms in total. The first-order chi connectivity index (χ1) is 8.79. The fourth-order valence-corrected chi connectivity index (χ4v) is 4.02. The molecule has 1 aromatic rings. The van der Waals surface area contributed by atoms with Gasteiger partial charge in [0, 0.05) is 29.8 Å². The zero-order valence-electron chi connectivity index (χ0n) is 10.2. The number of hydrogen-bond acceptors (Lipinski definition) is 4. The van der Waals surface area contributed by atoms with Crippen LogP contribution in [0.3, 0.4) is 0 Å². The van der Waals surface area contributed by atoms with Gasteiger partial charge < -0.3 is 9.32 Å². The van der Waals surface area contributed by atoms with Crippen molar-refractivity contribution in [3.05, 3.63) is 16.5 Å². The molecule has 1 aliphatic heterocycles. The standard InChI is InChI=1S/C11H13BrClNO4S/c1-7-2-4-14(5-3-7)11(15)8-6-9(10(12)18-8)19(13,16)17/h6-7H,2-5H2,1H3. The smallest absolute Gasteiger partial charge is 0.289 e. The second kappa shape index (κ2) is 5.46. The lowest BCUT2D eigenvalue weighted by Crippen LogP contribution is -2.37. The Bertz CT molecular complexity index is 590. The van der Waals surface area contributed by atoms with Crippen LogP contribution in [0.25, 0.3) is 0 Å². The third kappa shape index (κ3) is 3.32. The van der Waals surface area contributed by atoms with Crippen LogP contribution in [0.4, 0.5) is 0 Å². The third-order valence-electron chi connectivity index (χ3n) is 3.20. The highest BCUT2D eigenvalue weighted by Crippen LogP contribution is 2.30. The number of carbonyl (C=O) groups is 1. The average Bonchev–Trinajstić information content (AvgIpc) is 2.71. The summed E-state index contributed by atoms with van der Waals surface area (Å²) in [7, 11) is 1.32. The van der Waals surface area contributed by atoms with Gasteiger partial charge in [0.25, 0.3) is 15.0 Å². The van der Waals surface area contributed by atoms with E-state index in [0.29, 0.717) is 19.0 Å². The van der Waals surface area contributed by atoms with E-state index in [1.54, 1.807) is 4.90 Å². The van der Waals surface area contributed by atoms with Crippen LogP contribution in [-0.2, 0) is 9.05 Å². The molecule has 1 amide bonds. The molecule has 0 bridgehead atoms. The van der Waals surface area contributed by atoms with E-state index in [9.17, 15) is 13.2 Å². The largest absolute Gasteiger partial charge is 0.443 e. The van der Waals surface area contributed by atoms with Gasteiger partial charge in [-0.15, -0.1) is 0 Å². The third-order valence-corrected chi connectivity index (χ3v) is 5.38. The molecule has 106 valence electrons. The molecule has 0 unspecified atom stereocenters. The first-order valence-corrected chi connectivity index (χ1v) is 8.92. The fourth-order valence-electron chi connectivity index (χ4n) is 1.99. The zero-order valence-corrected chi connectivity index (χ0v) is 13.4. The number of carbonyl (C=O) groups excluding carboxylic acids is 1. The molecule has 1 aromatic heterocycles. The SMILES string of the molecule is CC1CCN(C(=O)c2cc(S(=O)(=O)Cl)c(Br)o2)CC1. The zero-order chi connectivity index (χ0) is 14.2. The van der Waals surface area contributed by atoms with Gasteiger partial charge in [-0.3, -0.25) is 4.79 Å². The highest BCUT2D eigenvalue weighted by molar-refractivity contribution is 9.10. The molecule has 2 heterocycles. The van der Waals surface area contributed by atoms with Crippen LogP contribution >= 0.6 is 26.6 Å². The minimum absolute atomic E-state index is 0.0133. The molecule has 0 radical (unpaired) electrons. The summed E-state index contributed by atoms with van der Waals surface area (Å²) in [4.78, 5) is 13.6. The average molecular weight is 371 g/mol. The maximum atomic E-state index is 12.2. The number of amides is 1. The van der Waals surface area contributed by atoms with Crippen molar-refractivity contribution in [3.63, 3.8) is 0 Å². The van der Waals surface area contributed by atoms with E-state index in [-0.39, 0.29) is 21.2 Å². The summed E-state index contributed by atoms with van der Waals surface area (Å²) in [5.41, 5.74) is 0. The van der Waals surface area contributed by atoms with Gasteiger partial charge in [0.15, 0.2) is 10.4 Å². The molecule has 2 rings (SSSR count). The molecule has 1 aliphatic rings. The van der Waals surface area contributed by atoms with Gasteiger partial charge in [0.1, 0.15) is 4.90 Å². The summed E-state index contributed by atoms with van der Waals surface area (Å²) in [6.07, 6.45) is 1.88. The Labute approximate surface area is 124 Å². The molecule has 1 saturated heterocycles. The molecule has 0 aromatic carbocycles. The van der Waals surface area contributed by atoms with Crippen molar-refractivity contribution in [1.29, 1.82) is 0 Å². The second-order valence-electron chi connectivity index (χ2n) is 4.66. The van der Waals surface area contributed by atoms with Crippen molar-refractivity contribution in [2.24, 2.45) is 5.92 Å². The molecule has 8 heteroatoms. The highest BCUT2D eigenvalue weighted by Gasteiger charge is 2.27. The number of nitrogens with zero attached hydrogens (tertiary/aromatic N) is 1. The van der Waals surface area contributed by atoms with Gasteiger partial charge in [-0.1, -0.05) is 6.92 Å². The number of halogens is 2. The molecule has 0 N–H and O–H groups in total. The lowest BCUT2D eigenvalue weighted by Gasteiger charge is -2.29. The van der Waals surface area contributed by atoms with Crippen LogP contribution in [0.2, 0.25) is 0 Å². The first-order valence-electron chi connectivity index (χ1n) is 5.82. The van der Waals surface area contributed by atoms with Crippen LogP contribution < -0.4 is 0 Å². The predicted octanol–water partition coefficient (Wildman–Crippen LogP) is 2.84. The number of hydrogen-bond donors (Lipinski definition) is 0. The maximum absolute atomic E-state index is 12.2. The molecule has 19 heavy (non-hydrogen) atoms. The molecule has 0 atom stereocenters. The Balaban J connectivity index is 2.21. The Morgan fingerprint density at radius 2 is 2.05 bits per heavy atom. The highest BCUT2D eigenvalue weighted by atomic mass is 79.9. The van der Waals surface area contributed by atoms with Crippen LogP contribution in [0, 0.1) is 5.92 Å². The molecular formula is C11H13BrClNO4S. The Morgan fingerprint density at radius 1 is 1.47 bits per heavy atom. The van der Waals surface area contributed by atoms with Crippen LogP contribution in [0.1, 0.15) is 30.3 Å². The van der Waals surface area contributed by atoms with Gasteiger partial charge >= 0.3 is 0 Å². The lowest BCUT2D eigenvalue weighted by molar-refractivity contribution is 0.0663. The summed E-state index contributed by atoms with van der Waals surface area (Å²) in [6.45, 7) is 3.45. The monoisotopic (exact) mass is 369 g/mol. The van der Waals surface area contributed by atoms with E-state index in [2.05, 4.69) is 22.9 Å². The topological polar surface area (TPSA) is 67.6 Å². The normalized spacial score (nSPS) is 17.7. The lowest BCUT2D eigenvalue weighted by atomic mass is 9.99. The summed E-state index contributed by atoms with van der Waals surface area (Å²) in [6, 6.07) is 1.16. The summed E-state index contributed by atoms with van der Waals surface area (Å²) < 4.78 is 27.6. The molecule has 1 fully saturated rings. The number of piperidine rings is 1. The fraction of sp³-hybridized carbons (Fsp3) is 0.545. The van der Waals surface area contributed by atoms with Gasteiger partial charge in [-0.2, -0.15) is 0 Å².